The van der Waals surface area contributed by atoms with Crippen molar-refractivity contribution in [3.8, 4) is 17.3 Å². The fourth-order valence-electron chi connectivity index (χ4n) is 2.82. The first kappa shape index (κ1) is 22.2. The van der Waals surface area contributed by atoms with Crippen molar-refractivity contribution in [3.63, 3.8) is 0 Å². The average molecular weight is 429 g/mol. The largest absolute Gasteiger partial charge is 0.359 e. The molecular formula is C20H21F2N7O2. The molecule has 0 aliphatic heterocycles. The average Bonchev–Trinajstić information content (AvgIpc) is 3.59. The van der Waals surface area contributed by atoms with E-state index in [1.54, 1.807) is 0 Å². The first-order valence-corrected chi connectivity index (χ1v) is 9.58. The number of nitriles is 1. The number of nitrogens with one attached hydrogen (secondary N) is 3. The van der Waals surface area contributed by atoms with E-state index in [2.05, 4.69) is 30.9 Å². The van der Waals surface area contributed by atoms with Crippen LogP contribution in [0.4, 0.5) is 20.3 Å². The summed E-state index contributed by atoms with van der Waals surface area (Å²) in [5.74, 6) is 0.262. The van der Waals surface area contributed by atoms with Crippen molar-refractivity contribution >= 4 is 23.7 Å². The third kappa shape index (κ3) is 5.55. The highest BCUT2D eigenvalue weighted by Gasteiger charge is 2.30. The van der Waals surface area contributed by atoms with Crippen molar-refractivity contribution in [1.29, 1.82) is 5.26 Å². The number of pyridine rings is 1. The van der Waals surface area contributed by atoms with Gasteiger partial charge in [-0.3, -0.25) is 19.9 Å². The maximum Gasteiger partial charge on any atom is 0.253 e. The molecule has 9 nitrogen and oxygen atoms in total. The van der Waals surface area contributed by atoms with Crippen LogP contribution in [0.2, 0.25) is 0 Å². The highest BCUT2D eigenvalue weighted by molar-refractivity contribution is 5.93. The van der Waals surface area contributed by atoms with Gasteiger partial charge in [-0.05, 0) is 32.8 Å². The second-order valence-electron chi connectivity index (χ2n) is 7.50. The van der Waals surface area contributed by atoms with Crippen LogP contribution in [-0.4, -0.2) is 45.3 Å². The molecule has 2 atom stereocenters. The quantitative estimate of drug-likeness (QED) is 0.409. The standard InChI is InChI=1S/C20H21F2N7O2/c1-11(18(21)22)28-20(2,10-30)29-14-5-13(7-24-15(14)6-23)16-8-26-17(9-25-16)27-19(31)12-3-4-12/h5,7-12,18,28-29H,3-4H2,1-2H3,(H,26,27,31)/t11?,20-/m0/s1. The number of nitrogens with zero attached hydrogens (tertiary/aromatic N) is 4. The number of hydrogen-bond acceptors (Lipinski definition) is 8. The number of aldehydes is 1. The molecule has 2 heterocycles. The number of hydrogen-bond donors (Lipinski definition) is 3. The predicted molar refractivity (Wildman–Crippen MR) is 108 cm³/mol. The number of alkyl halides is 2. The van der Waals surface area contributed by atoms with Crippen LogP contribution in [0.1, 0.15) is 32.4 Å². The molecule has 1 saturated carbocycles. The van der Waals surface area contributed by atoms with E-state index in [4.69, 9.17) is 0 Å². The molecule has 2 aromatic heterocycles. The van der Waals surface area contributed by atoms with Crippen molar-refractivity contribution in [1.82, 2.24) is 20.3 Å². The van der Waals surface area contributed by atoms with Crippen LogP contribution >= 0.6 is 0 Å². The Hall–Kier alpha value is -3.52. The number of anilines is 2. The molecule has 162 valence electrons. The Morgan fingerprint density at radius 2 is 2.03 bits per heavy atom. The summed E-state index contributed by atoms with van der Waals surface area (Å²) in [5, 5.41) is 17.3. The zero-order chi connectivity index (χ0) is 22.6. The third-order valence-corrected chi connectivity index (χ3v) is 4.68. The molecule has 11 heteroatoms. The van der Waals surface area contributed by atoms with Crippen LogP contribution in [0, 0.1) is 17.2 Å². The lowest BCUT2D eigenvalue weighted by molar-refractivity contribution is -0.117. The predicted octanol–water partition coefficient (Wildman–Crippen LogP) is 2.33. The van der Waals surface area contributed by atoms with Crippen LogP contribution in [0.5, 0.6) is 0 Å². The first-order chi connectivity index (χ1) is 14.7. The summed E-state index contributed by atoms with van der Waals surface area (Å²) in [6.07, 6.45) is 3.74. The molecule has 0 saturated heterocycles. The summed E-state index contributed by atoms with van der Waals surface area (Å²) >= 11 is 0. The van der Waals surface area contributed by atoms with Crippen molar-refractivity contribution in [3.05, 3.63) is 30.4 Å². The van der Waals surface area contributed by atoms with E-state index in [9.17, 15) is 23.6 Å². The molecule has 1 aliphatic rings. The first-order valence-electron chi connectivity index (χ1n) is 9.58. The van der Waals surface area contributed by atoms with Gasteiger partial charge in [0.05, 0.1) is 29.8 Å². The second kappa shape index (κ2) is 9.09. The molecule has 31 heavy (non-hydrogen) atoms. The minimum absolute atomic E-state index is 0.0235. The number of amides is 1. The summed E-state index contributed by atoms with van der Waals surface area (Å²) in [6.45, 7) is 2.62. The summed E-state index contributed by atoms with van der Waals surface area (Å²) in [7, 11) is 0. The SMILES string of the molecule is CC(N[C@](C)(C=O)Nc1cc(-c2cnc(NC(=O)C3CC3)cn2)cnc1C#N)C(F)F. The van der Waals surface area contributed by atoms with Gasteiger partial charge >= 0.3 is 0 Å². The Balaban J connectivity index is 1.82. The lowest BCUT2D eigenvalue weighted by Gasteiger charge is -2.30. The Morgan fingerprint density at radius 3 is 2.58 bits per heavy atom. The lowest BCUT2D eigenvalue weighted by atomic mass is 10.1. The van der Waals surface area contributed by atoms with Crippen LogP contribution < -0.4 is 16.0 Å². The van der Waals surface area contributed by atoms with E-state index in [0.29, 0.717) is 23.4 Å². The van der Waals surface area contributed by atoms with Crippen LogP contribution in [0.3, 0.4) is 0 Å². The third-order valence-electron chi connectivity index (χ3n) is 4.68. The van der Waals surface area contributed by atoms with Gasteiger partial charge < -0.3 is 10.6 Å². The number of carbonyl (C=O) groups is 2. The lowest BCUT2D eigenvalue weighted by Crippen LogP contribution is -2.56. The fourth-order valence-corrected chi connectivity index (χ4v) is 2.82. The molecule has 1 unspecified atom stereocenters. The molecule has 0 bridgehead atoms. The van der Waals surface area contributed by atoms with E-state index in [1.165, 1.54) is 38.5 Å². The van der Waals surface area contributed by atoms with Crippen molar-refractivity contribution in [2.45, 2.75) is 44.8 Å². The van der Waals surface area contributed by atoms with Gasteiger partial charge in [-0.2, -0.15) is 5.26 Å². The van der Waals surface area contributed by atoms with Crippen molar-refractivity contribution < 1.29 is 18.4 Å². The minimum atomic E-state index is -2.69. The minimum Gasteiger partial charge on any atom is -0.359 e. The van der Waals surface area contributed by atoms with Gasteiger partial charge in [0, 0.05) is 17.7 Å². The molecule has 3 rings (SSSR count). The number of carbonyl (C=O) groups excluding carboxylic acids is 2. The molecule has 1 aliphatic carbocycles. The molecule has 2 aromatic rings. The zero-order valence-electron chi connectivity index (χ0n) is 16.9. The number of rotatable bonds is 9. The van der Waals surface area contributed by atoms with E-state index >= 15 is 0 Å². The Bertz CT molecular complexity index is 1010. The molecule has 3 N–H and O–H groups in total. The van der Waals surface area contributed by atoms with E-state index in [1.807, 2.05) is 6.07 Å². The normalized spacial score (nSPS) is 16.1. The summed E-state index contributed by atoms with van der Waals surface area (Å²) < 4.78 is 25.8. The van der Waals surface area contributed by atoms with Gasteiger partial charge in [-0.15, -0.1) is 0 Å². The van der Waals surface area contributed by atoms with Gasteiger partial charge in [0.1, 0.15) is 11.7 Å². The van der Waals surface area contributed by atoms with Crippen LogP contribution in [-0.2, 0) is 9.59 Å². The zero-order valence-corrected chi connectivity index (χ0v) is 16.9. The second-order valence-corrected chi connectivity index (χ2v) is 7.50. The summed E-state index contributed by atoms with van der Waals surface area (Å²) in [5.41, 5.74) is -0.541. The summed E-state index contributed by atoms with van der Waals surface area (Å²) in [4.78, 5) is 35.9. The van der Waals surface area contributed by atoms with Crippen molar-refractivity contribution in [2.75, 3.05) is 10.6 Å². The Morgan fingerprint density at radius 1 is 1.29 bits per heavy atom. The number of halogens is 2. The Kier molecular flexibility index (Phi) is 6.50. The molecule has 0 radical (unpaired) electrons. The van der Waals surface area contributed by atoms with Gasteiger partial charge in [-0.25, -0.2) is 18.7 Å². The van der Waals surface area contributed by atoms with Gasteiger partial charge in [0.2, 0.25) is 5.91 Å². The van der Waals surface area contributed by atoms with Crippen molar-refractivity contribution in [2.24, 2.45) is 5.92 Å². The Labute approximate surface area is 177 Å². The van der Waals surface area contributed by atoms with Gasteiger partial charge in [0.25, 0.3) is 6.43 Å². The molecule has 0 aromatic carbocycles. The topological polar surface area (TPSA) is 133 Å². The summed E-state index contributed by atoms with van der Waals surface area (Å²) in [6, 6.07) is 2.15. The highest BCUT2D eigenvalue weighted by atomic mass is 19.3. The van der Waals surface area contributed by atoms with E-state index in [0.717, 1.165) is 12.8 Å². The smallest absolute Gasteiger partial charge is 0.253 e. The van der Waals surface area contributed by atoms with Crippen LogP contribution in [0.15, 0.2) is 24.7 Å². The molecule has 1 fully saturated rings. The molecule has 1 amide bonds. The van der Waals surface area contributed by atoms with E-state index in [-0.39, 0.29) is 23.2 Å². The highest BCUT2D eigenvalue weighted by Crippen LogP contribution is 2.30. The van der Waals surface area contributed by atoms with Crippen LogP contribution in [0.25, 0.3) is 11.3 Å². The fraction of sp³-hybridized carbons (Fsp3) is 0.400. The number of aromatic nitrogens is 3. The van der Waals surface area contributed by atoms with Gasteiger partial charge in [0.15, 0.2) is 17.8 Å². The monoisotopic (exact) mass is 429 g/mol. The molecule has 0 spiro atoms. The molecular weight excluding hydrogens is 408 g/mol. The maximum absolute atomic E-state index is 12.9. The van der Waals surface area contributed by atoms with Gasteiger partial charge in [-0.1, -0.05) is 0 Å². The van der Waals surface area contributed by atoms with E-state index < -0.39 is 18.1 Å². The maximum atomic E-state index is 12.9.